The van der Waals surface area contributed by atoms with Gasteiger partial charge in [0, 0.05) is 32.9 Å². The van der Waals surface area contributed by atoms with E-state index in [4.69, 9.17) is 8.83 Å². The lowest BCUT2D eigenvalue weighted by atomic mass is 9.98. The van der Waals surface area contributed by atoms with E-state index in [-0.39, 0.29) is 35.4 Å². The molecule has 230 valence electrons. The molecular formula is C46H29NO2. The van der Waals surface area contributed by atoms with Crippen LogP contribution in [0.3, 0.4) is 0 Å². The highest BCUT2D eigenvalue weighted by molar-refractivity contribution is 6.19. The van der Waals surface area contributed by atoms with E-state index in [1.165, 1.54) is 0 Å². The molecule has 2 aromatic heterocycles. The van der Waals surface area contributed by atoms with E-state index in [0.717, 1.165) is 49.0 Å². The molecule has 3 nitrogen and oxygen atoms in total. The first-order valence-corrected chi connectivity index (χ1v) is 16.3. The number of para-hydroxylation sites is 1. The molecule has 10 aromatic rings. The molecule has 0 aliphatic carbocycles. The molecule has 8 aromatic carbocycles. The van der Waals surface area contributed by atoms with Crippen molar-refractivity contribution >= 4 is 71.7 Å². The molecule has 0 aliphatic rings. The van der Waals surface area contributed by atoms with E-state index in [1.54, 1.807) is 0 Å². The predicted molar refractivity (Wildman–Crippen MR) is 204 cm³/mol. The molecular weight excluding hydrogens is 599 g/mol. The second-order valence-corrected chi connectivity index (χ2v) is 12.2. The van der Waals surface area contributed by atoms with Crippen LogP contribution in [0.1, 0.15) is 5.48 Å². The molecule has 0 saturated carbocycles. The molecule has 0 radical (unpaired) electrons. The lowest BCUT2D eigenvalue weighted by Crippen LogP contribution is -2.10. The van der Waals surface area contributed by atoms with Crippen molar-refractivity contribution in [2.24, 2.45) is 0 Å². The van der Waals surface area contributed by atoms with E-state index >= 15 is 0 Å². The number of hydrogen-bond acceptors (Lipinski definition) is 3. The van der Waals surface area contributed by atoms with Crippen molar-refractivity contribution in [1.29, 1.82) is 0 Å². The molecule has 3 heteroatoms. The van der Waals surface area contributed by atoms with Crippen LogP contribution in [0.25, 0.3) is 76.9 Å². The summed E-state index contributed by atoms with van der Waals surface area (Å²) >= 11 is 0. The minimum Gasteiger partial charge on any atom is -0.456 e. The third-order valence-electron chi connectivity index (χ3n) is 9.35. The number of fused-ring (bicyclic) bond motifs is 8. The Labute approximate surface area is 288 Å². The summed E-state index contributed by atoms with van der Waals surface area (Å²) < 4.78 is 50.9. The Balaban J connectivity index is 1.25. The van der Waals surface area contributed by atoms with Gasteiger partial charge in [-0.05, 0) is 82.2 Å². The average molecular weight is 632 g/mol. The highest BCUT2D eigenvalue weighted by Crippen LogP contribution is 2.45. The Hall–Kier alpha value is -6.58. The predicted octanol–water partition coefficient (Wildman–Crippen LogP) is 13.4. The van der Waals surface area contributed by atoms with Crippen molar-refractivity contribution in [1.82, 2.24) is 0 Å². The summed E-state index contributed by atoms with van der Waals surface area (Å²) in [6.07, 6.45) is 0. The Kier molecular flexibility index (Phi) is 5.32. The second kappa shape index (κ2) is 11.0. The lowest BCUT2D eigenvalue weighted by Gasteiger charge is -2.26. The van der Waals surface area contributed by atoms with Gasteiger partial charge in [0.15, 0.2) is 0 Å². The molecule has 0 bridgehead atoms. The summed E-state index contributed by atoms with van der Waals surface area (Å²) in [5.74, 6) is 0. The summed E-state index contributed by atoms with van der Waals surface area (Å²) in [5.41, 5.74) is 7.12. The minimum absolute atomic E-state index is 0.139. The average Bonchev–Trinajstić information content (AvgIpc) is 3.79. The Morgan fingerprint density at radius 3 is 1.92 bits per heavy atom. The Morgan fingerprint density at radius 1 is 0.408 bits per heavy atom. The first-order valence-electron chi connectivity index (χ1n) is 18.3. The van der Waals surface area contributed by atoms with Crippen molar-refractivity contribution in [2.75, 3.05) is 4.90 Å². The van der Waals surface area contributed by atoms with Gasteiger partial charge in [0.05, 0.1) is 16.6 Å². The summed E-state index contributed by atoms with van der Waals surface area (Å²) in [4.78, 5) is 1.85. The number of nitrogens with zero attached hydrogens (tertiary/aromatic N) is 1. The van der Waals surface area contributed by atoms with E-state index in [0.29, 0.717) is 33.7 Å². The van der Waals surface area contributed by atoms with Crippen molar-refractivity contribution in [3.63, 3.8) is 0 Å². The van der Waals surface area contributed by atoms with E-state index in [2.05, 4.69) is 30.3 Å². The van der Waals surface area contributed by atoms with Gasteiger partial charge >= 0.3 is 0 Å². The molecule has 2 heterocycles. The molecule has 0 saturated heterocycles. The Morgan fingerprint density at radius 2 is 1.08 bits per heavy atom. The molecule has 0 N–H and O–H groups in total. The van der Waals surface area contributed by atoms with Crippen LogP contribution in [0.15, 0.2) is 185 Å². The van der Waals surface area contributed by atoms with E-state index in [1.807, 2.05) is 126 Å². The maximum absolute atomic E-state index is 9.63. The number of benzene rings is 8. The van der Waals surface area contributed by atoms with Gasteiger partial charge in [-0.2, -0.15) is 0 Å². The summed E-state index contributed by atoms with van der Waals surface area (Å²) in [6, 6.07) is 48.7. The van der Waals surface area contributed by atoms with Gasteiger partial charge in [-0.1, -0.05) is 121 Å². The Bertz CT molecular complexity index is 3030. The van der Waals surface area contributed by atoms with Gasteiger partial charge in [0.2, 0.25) is 0 Å². The van der Waals surface area contributed by atoms with Gasteiger partial charge in [0.25, 0.3) is 0 Å². The van der Waals surface area contributed by atoms with Gasteiger partial charge in [-0.15, -0.1) is 0 Å². The van der Waals surface area contributed by atoms with Crippen molar-refractivity contribution in [2.45, 2.75) is 0 Å². The fourth-order valence-electron chi connectivity index (χ4n) is 7.08. The standard InChI is InChI=1S/C46H29NO2/c1-2-10-30(11-3-1)31-20-25-34(26-21-31)47(40-16-9-19-43-45(40)39-29-24-32-12-4-5-13-37(32)46(39)49-43)35-27-22-33(23-28-35)36-15-8-18-42-44(36)38-14-6-7-17-41(38)48-42/h1-29H/i22D,23D,27D,28D. The second-order valence-electron chi connectivity index (χ2n) is 12.2. The SMILES string of the molecule is [2H]c1c([2H])c(N(c2ccc(-c3ccccc3)cc2)c2cccc3oc4c5ccccc5ccc4c23)c([2H])c([2H])c1-c1cccc2oc3ccccc3c12. The van der Waals surface area contributed by atoms with Crippen LogP contribution in [-0.4, -0.2) is 0 Å². The topological polar surface area (TPSA) is 29.5 Å². The smallest absolute Gasteiger partial charge is 0.143 e. The molecule has 49 heavy (non-hydrogen) atoms. The van der Waals surface area contributed by atoms with Crippen LogP contribution >= 0.6 is 0 Å². The molecule has 0 fully saturated rings. The van der Waals surface area contributed by atoms with Crippen LogP contribution in [-0.2, 0) is 0 Å². The summed E-state index contributed by atoms with van der Waals surface area (Å²) in [5, 5.41) is 5.36. The quantitative estimate of drug-likeness (QED) is 0.189. The third-order valence-corrected chi connectivity index (χ3v) is 9.35. The maximum Gasteiger partial charge on any atom is 0.143 e. The molecule has 0 aliphatic heterocycles. The number of rotatable bonds is 5. The highest BCUT2D eigenvalue weighted by atomic mass is 16.3. The fourth-order valence-corrected chi connectivity index (χ4v) is 7.08. The highest BCUT2D eigenvalue weighted by Gasteiger charge is 2.21. The zero-order valence-corrected chi connectivity index (χ0v) is 26.2. The van der Waals surface area contributed by atoms with Crippen LogP contribution in [0.5, 0.6) is 0 Å². The third kappa shape index (κ3) is 4.44. The first kappa shape index (κ1) is 23.7. The molecule has 0 atom stereocenters. The summed E-state index contributed by atoms with van der Waals surface area (Å²) in [7, 11) is 0. The van der Waals surface area contributed by atoms with Crippen LogP contribution < -0.4 is 4.90 Å². The first-order chi connectivity index (χ1) is 26.0. The van der Waals surface area contributed by atoms with Crippen molar-refractivity contribution in [3.05, 3.63) is 176 Å². The zero-order chi connectivity index (χ0) is 35.8. The number of furan rings is 2. The van der Waals surface area contributed by atoms with Crippen LogP contribution in [0, 0.1) is 0 Å². The monoisotopic (exact) mass is 631 g/mol. The molecule has 0 unspecified atom stereocenters. The molecule has 0 amide bonds. The van der Waals surface area contributed by atoms with Gasteiger partial charge in [-0.25, -0.2) is 0 Å². The van der Waals surface area contributed by atoms with Crippen molar-refractivity contribution in [3.8, 4) is 22.3 Å². The normalized spacial score (nSPS) is 12.8. The minimum atomic E-state index is -0.159. The van der Waals surface area contributed by atoms with Gasteiger partial charge in [-0.3, -0.25) is 0 Å². The number of anilines is 3. The van der Waals surface area contributed by atoms with Crippen LogP contribution in [0.2, 0.25) is 0 Å². The van der Waals surface area contributed by atoms with Crippen LogP contribution in [0.4, 0.5) is 17.1 Å². The summed E-state index contributed by atoms with van der Waals surface area (Å²) in [6.45, 7) is 0. The fraction of sp³-hybridized carbons (Fsp3) is 0. The largest absolute Gasteiger partial charge is 0.456 e. The molecule has 0 spiro atoms. The van der Waals surface area contributed by atoms with E-state index in [9.17, 15) is 5.48 Å². The lowest BCUT2D eigenvalue weighted by molar-refractivity contribution is 0.669. The van der Waals surface area contributed by atoms with Gasteiger partial charge in [0.1, 0.15) is 22.3 Å². The zero-order valence-electron chi connectivity index (χ0n) is 30.2. The van der Waals surface area contributed by atoms with E-state index < -0.39 is 0 Å². The van der Waals surface area contributed by atoms with Gasteiger partial charge < -0.3 is 13.7 Å². The molecule has 10 rings (SSSR count). The van der Waals surface area contributed by atoms with Crippen molar-refractivity contribution < 1.29 is 14.3 Å². The maximum atomic E-state index is 9.63. The number of hydrogen-bond donors (Lipinski definition) is 0.